The number of pyridine rings is 1. The number of fused-ring (bicyclic) bond motifs is 2. The lowest BCUT2D eigenvalue weighted by Gasteiger charge is -2.44. The van der Waals surface area contributed by atoms with Gasteiger partial charge in [-0.2, -0.15) is 5.10 Å². The zero-order valence-corrected chi connectivity index (χ0v) is 15.3. The summed E-state index contributed by atoms with van der Waals surface area (Å²) < 4.78 is 1.84. The van der Waals surface area contributed by atoms with E-state index in [-0.39, 0.29) is 5.91 Å². The van der Waals surface area contributed by atoms with E-state index >= 15 is 0 Å². The third-order valence-corrected chi connectivity index (χ3v) is 6.33. The fourth-order valence-corrected chi connectivity index (χ4v) is 4.82. The standard InChI is InChI=1S/C20H27N5O/c26-20(24-12-11-23-7-2-1-5-17(23)15-24)18-14-21-25-10-6-16(13-19(18)25)22-8-3-4-9-22/h6,10,13-14,17H,1-5,7-9,11-12,15H2. The molecular weight excluding hydrogens is 326 g/mol. The quantitative estimate of drug-likeness (QED) is 0.831. The normalized spacial score (nSPS) is 24.2. The van der Waals surface area contributed by atoms with Gasteiger partial charge in [-0.05, 0) is 44.4 Å². The molecule has 0 radical (unpaired) electrons. The first-order chi connectivity index (χ1) is 12.8. The molecule has 1 amide bonds. The Hall–Kier alpha value is -2.08. The van der Waals surface area contributed by atoms with Crippen molar-refractivity contribution < 1.29 is 4.79 Å². The highest BCUT2D eigenvalue weighted by molar-refractivity contribution is 6.01. The van der Waals surface area contributed by atoms with Crippen LogP contribution in [-0.4, -0.2) is 70.6 Å². The Morgan fingerprint density at radius 1 is 1.04 bits per heavy atom. The highest BCUT2D eigenvalue weighted by Gasteiger charge is 2.32. The van der Waals surface area contributed by atoms with Crippen LogP contribution in [0, 0.1) is 0 Å². The van der Waals surface area contributed by atoms with E-state index in [9.17, 15) is 4.79 Å². The van der Waals surface area contributed by atoms with Crippen LogP contribution >= 0.6 is 0 Å². The molecule has 26 heavy (non-hydrogen) atoms. The molecule has 2 aromatic heterocycles. The number of rotatable bonds is 2. The van der Waals surface area contributed by atoms with E-state index in [2.05, 4.69) is 27.0 Å². The number of anilines is 1. The van der Waals surface area contributed by atoms with Gasteiger partial charge in [0.15, 0.2) is 0 Å². The molecule has 0 aliphatic carbocycles. The minimum Gasteiger partial charge on any atom is -0.371 e. The first-order valence-electron chi connectivity index (χ1n) is 10.1. The fourth-order valence-electron chi connectivity index (χ4n) is 4.82. The summed E-state index contributed by atoms with van der Waals surface area (Å²) in [5.41, 5.74) is 2.89. The van der Waals surface area contributed by atoms with Crippen molar-refractivity contribution >= 4 is 17.1 Å². The van der Waals surface area contributed by atoms with Gasteiger partial charge < -0.3 is 9.80 Å². The molecule has 0 aromatic carbocycles. The number of piperidine rings is 1. The zero-order valence-electron chi connectivity index (χ0n) is 15.3. The maximum atomic E-state index is 13.2. The predicted octanol–water partition coefficient (Wildman–Crippen LogP) is 2.24. The number of hydrogen-bond donors (Lipinski definition) is 0. The summed E-state index contributed by atoms with van der Waals surface area (Å²) in [6.45, 7) is 6.12. The van der Waals surface area contributed by atoms with E-state index in [1.54, 1.807) is 6.20 Å². The lowest BCUT2D eigenvalue weighted by Crippen LogP contribution is -2.56. The van der Waals surface area contributed by atoms with Gasteiger partial charge in [-0.3, -0.25) is 9.69 Å². The van der Waals surface area contributed by atoms with Crippen molar-refractivity contribution in [3.63, 3.8) is 0 Å². The number of amides is 1. The maximum Gasteiger partial charge on any atom is 0.257 e. The molecule has 2 aromatic rings. The van der Waals surface area contributed by atoms with Crippen LogP contribution in [-0.2, 0) is 0 Å². The molecule has 6 heteroatoms. The van der Waals surface area contributed by atoms with Crippen LogP contribution in [0.25, 0.3) is 5.52 Å². The van der Waals surface area contributed by atoms with Crippen LogP contribution in [0.15, 0.2) is 24.5 Å². The molecule has 6 nitrogen and oxygen atoms in total. The number of aromatic nitrogens is 2. The van der Waals surface area contributed by atoms with Crippen LogP contribution in [0.2, 0.25) is 0 Å². The Balaban J connectivity index is 1.41. The average Bonchev–Trinajstić information content (AvgIpc) is 3.36. The molecule has 5 rings (SSSR count). The fraction of sp³-hybridized carbons (Fsp3) is 0.600. The highest BCUT2D eigenvalue weighted by Crippen LogP contribution is 2.26. The van der Waals surface area contributed by atoms with E-state index in [0.717, 1.165) is 43.8 Å². The number of nitrogens with zero attached hydrogens (tertiary/aromatic N) is 5. The first kappa shape index (κ1) is 16.1. The molecule has 3 aliphatic rings. The Morgan fingerprint density at radius 3 is 2.77 bits per heavy atom. The van der Waals surface area contributed by atoms with Gasteiger partial charge in [-0.15, -0.1) is 0 Å². The van der Waals surface area contributed by atoms with Crippen molar-refractivity contribution in [2.24, 2.45) is 0 Å². The van der Waals surface area contributed by atoms with E-state index in [1.807, 2.05) is 15.6 Å². The molecule has 1 unspecified atom stereocenters. The molecule has 3 aliphatic heterocycles. The third kappa shape index (κ3) is 2.76. The van der Waals surface area contributed by atoms with Crippen LogP contribution in [0.5, 0.6) is 0 Å². The number of carbonyl (C=O) groups excluding carboxylic acids is 1. The van der Waals surface area contributed by atoms with Crippen molar-refractivity contribution in [3.05, 3.63) is 30.1 Å². The maximum absolute atomic E-state index is 13.2. The van der Waals surface area contributed by atoms with Gasteiger partial charge >= 0.3 is 0 Å². The van der Waals surface area contributed by atoms with Gasteiger partial charge in [-0.1, -0.05) is 6.42 Å². The second-order valence-electron chi connectivity index (χ2n) is 7.90. The van der Waals surface area contributed by atoms with Gasteiger partial charge in [0.2, 0.25) is 0 Å². The van der Waals surface area contributed by atoms with Crippen molar-refractivity contribution in [1.29, 1.82) is 0 Å². The summed E-state index contributed by atoms with van der Waals surface area (Å²) in [6.07, 6.45) is 10.1. The molecule has 3 fully saturated rings. The minimum absolute atomic E-state index is 0.142. The largest absolute Gasteiger partial charge is 0.371 e. The first-order valence-corrected chi connectivity index (χ1v) is 10.1. The molecule has 0 bridgehead atoms. The van der Waals surface area contributed by atoms with Gasteiger partial charge in [-0.25, -0.2) is 4.52 Å². The SMILES string of the molecule is O=C(c1cnn2ccc(N3CCCC3)cc12)N1CCN2CCCCC2C1. The summed E-state index contributed by atoms with van der Waals surface area (Å²) in [7, 11) is 0. The minimum atomic E-state index is 0.142. The molecule has 138 valence electrons. The van der Waals surface area contributed by atoms with E-state index in [4.69, 9.17) is 0 Å². The smallest absolute Gasteiger partial charge is 0.257 e. The van der Waals surface area contributed by atoms with E-state index in [0.29, 0.717) is 6.04 Å². The van der Waals surface area contributed by atoms with Gasteiger partial charge in [0.05, 0.1) is 17.3 Å². The molecule has 0 saturated carbocycles. The number of hydrogen-bond acceptors (Lipinski definition) is 4. The van der Waals surface area contributed by atoms with Crippen LogP contribution in [0.3, 0.4) is 0 Å². The molecular formula is C20H27N5O. The molecule has 0 spiro atoms. The molecule has 3 saturated heterocycles. The lowest BCUT2D eigenvalue weighted by molar-refractivity contribution is 0.0374. The molecule has 1 atom stereocenters. The monoisotopic (exact) mass is 353 g/mol. The second-order valence-corrected chi connectivity index (χ2v) is 7.90. The number of piperazine rings is 1. The topological polar surface area (TPSA) is 44.1 Å². The van der Waals surface area contributed by atoms with Gasteiger partial charge in [0.1, 0.15) is 0 Å². The van der Waals surface area contributed by atoms with Crippen molar-refractivity contribution in [3.8, 4) is 0 Å². The molecule has 5 heterocycles. The summed E-state index contributed by atoms with van der Waals surface area (Å²) in [4.78, 5) is 20.2. The summed E-state index contributed by atoms with van der Waals surface area (Å²) in [6, 6.07) is 4.80. The summed E-state index contributed by atoms with van der Waals surface area (Å²) in [5.74, 6) is 0.142. The van der Waals surface area contributed by atoms with Crippen molar-refractivity contribution in [2.45, 2.75) is 38.1 Å². The lowest BCUT2D eigenvalue weighted by atomic mass is 9.99. The van der Waals surface area contributed by atoms with Crippen LogP contribution in [0.1, 0.15) is 42.5 Å². The second kappa shape index (κ2) is 6.58. The highest BCUT2D eigenvalue weighted by atomic mass is 16.2. The van der Waals surface area contributed by atoms with Crippen LogP contribution < -0.4 is 4.90 Å². The molecule has 0 N–H and O–H groups in total. The van der Waals surface area contributed by atoms with Crippen LogP contribution in [0.4, 0.5) is 5.69 Å². The van der Waals surface area contributed by atoms with E-state index < -0.39 is 0 Å². The van der Waals surface area contributed by atoms with Gasteiger partial charge in [0.25, 0.3) is 5.91 Å². The number of carbonyl (C=O) groups is 1. The Bertz CT molecular complexity index is 810. The Labute approximate surface area is 154 Å². The van der Waals surface area contributed by atoms with E-state index in [1.165, 1.54) is 44.3 Å². The van der Waals surface area contributed by atoms with Crippen molar-refractivity contribution in [2.75, 3.05) is 44.2 Å². The zero-order chi connectivity index (χ0) is 17.5. The summed E-state index contributed by atoms with van der Waals surface area (Å²) in [5, 5.41) is 4.42. The summed E-state index contributed by atoms with van der Waals surface area (Å²) >= 11 is 0. The predicted molar refractivity (Wildman–Crippen MR) is 102 cm³/mol. The average molecular weight is 353 g/mol. The third-order valence-electron chi connectivity index (χ3n) is 6.33. The van der Waals surface area contributed by atoms with Crippen molar-refractivity contribution in [1.82, 2.24) is 19.4 Å². The Kier molecular flexibility index (Phi) is 4.08. The Morgan fingerprint density at radius 2 is 1.88 bits per heavy atom. The van der Waals surface area contributed by atoms with Gasteiger partial charge in [0, 0.05) is 50.6 Å².